The van der Waals surface area contributed by atoms with Crippen LogP contribution >= 0.6 is 24.0 Å². The molecule has 5 fully saturated rings. The molecule has 5 rings (SSSR count). The van der Waals surface area contributed by atoms with Crippen molar-refractivity contribution in [1.29, 1.82) is 0 Å². The first-order chi connectivity index (χ1) is 11.7. The molecule has 0 aromatic carbocycles. The van der Waals surface area contributed by atoms with Gasteiger partial charge in [-0.25, -0.2) is 0 Å². The first-order valence-corrected chi connectivity index (χ1v) is 10.2. The molecule has 0 amide bonds. The van der Waals surface area contributed by atoms with Gasteiger partial charge in [0.05, 0.1) is 6.61 Å². The zero-order valence-electron chi connectivity index (χ0n) is 16.0. The summed E-state index contributed by atoms with van der Waals surface area (Å²) in [6.45, 7) is 3.98. The standard InChI is InChI=1S/C20H35N3O.HI/c1-21-19(23(2)13-15-3-6-24-14-15)22-5-4-20-10-16-7-17(11-20)9-18(8-16)12-20;/h15-18H,3-14H2,1-2H3,(H,21,22);1H. The fourth-order valence-corrected chi connectivity index (χ4v) is 6.62. The largest absolute Gasteiger partial charge is 0.381 e. The van der Waals surface area contributed by atoms with Gasteiger partial charge in [-0.15, -0.1) is 24.0 Å². The summed E-state index contributed by atoms with van der Waals surface area (Å²) in [5.41, 5.74) is 0.665. The SMILES string of the molecule is CN=C(NCCC12CC3CC(CC(C3)C1)C2)N(C)CC1CCOC1.I. The highest BCUT2D eigenvalue weighted by molar-refractivity contribution is 14.0. The molecule has 1 heterocycles. The number of hydrogen-bond acceptors (Lipinski definition) is 2. The average molecular weight is 461 g/mol. The van der Waals surface area contributed by atoms with Gasteiger partial charge in [-0.05, 0) is 74.5 Å². The summed E-state index contributed by atoms with van der Waals surface area (Å²) in [4.78, 5) is 6.80. The van der Waals surface area contributed by atoms with Crippen molar-refractivity contribution in [3.05, 3.63) is 0 Å². The van der Waals surface area contributed by atoms with Crippen molar-refractivity contribution in [3.63, 3.8) is 0 Å². The van der Waals surface area contributed by atoms with Crippen LogP contribution in [-0.2, 0) is 4.74 Å². The molecule has 4 nitrogen and oxygen atoms in total. The second-order valence-corrected chi connectivity index (χ2v) is 9.25. The molecule has 25 heavy (non-hydrogen) atoms. The van der Waals surface area contributed by atoms with Gasteiger partial charge >= 0.3 is 0 Å². The van der Waals surface area contributed by atoms with Crippen LogP contribution in [0.25, 0.3) is 0 Å². The number of nitrogens with zero attached hydrogens (tertiary/aromatic N) is 2. The molecular weight excluding hydrogens is 425 g/mol. The summed E-state index contributed by atoms with van der Waals surface area (Å²) in [6, 6.07) is 0. The van der Waals surface area contributed by atoms with Gasteiger partial charge in [-0.3, -0.25) is 4.99 Å². The monoisotopic (exact) mass is 461 g/mol. The Hall–Kier alpha value is -0.0400. The number of rotatable bonds is 5. The molecular formula is C20H36IN3O. The molecule has 5 heteroatoms. The van der Waals surface area contributed by atoms with E-state index in [-0.39, 0.29) is 24.0 Å². The molecule has 5 aliphatic rings. The third-order valence-electron chi connectivity index (χ3n) is 7.23. The van der Waals surface area contributed by atoms with Crippen LogP contribution in [0.3, 0.4) is 0 Å². The fourth-order valence-electron chi connectivity index (χ4n) is 6.62. The molecule has 0 radical (unpaired) electrons. The van der Waals surface area contributed by atoms with E-state index in [4.69, 9.17) is 4.74 Å². The minimum Gasteiger partial charge on any atom is -0.381 e. The van der Waals surface area contributed by atoms with E-state index in [1.165, 1.54) is 32.1 Å². The highest BCUT2D eigenvalue weighted by Gasteiger charge is 2.50. The lowest BCUT2D eigenvalue weighted by Gasteiger charge is -2.57. The van der Waals surface area contributed by atoms with Crippen molar-refractivity contribution >= 4 is 29.9 Å². The van der Waals surface area contributed by atoms with Crippen molar-refractivity contribution in [3.8, 4) is 0 Å². The van der Waals surface area contributed by atoms with Gasteiger partial charge < -0.3 is 15.0 Å². The van der Waals surface area contributed by atoms with Crippen LogP contribution in [0, 0.1) is 29.1 Å². The number of halogens is 1. The first-order valence-electron chi connectivity index (χ1n) is 10.2. The molecule has 0 aromatic heterocycles. The first kappa shape index (κ1) is 19.7. The summed E-state index contributed by atoms with van der Waals surface area (Å²) in [7, 11) is 4.08. The van der Waals surface area contributed by atoms with Crippen molar-refractivity contribution in [2.45, 2.75) is 51.4 Å². The maximum absolute atomic E-state index is 5.50. The molecule has 4 aliphatic carbocycles. The number of hydrogen-bond donors (Lipinski definition) is 1. The number of guanidine groups is 1. The second-order valence-electron chi connectivity index (χ2n) is 9.25. The normalized spacial score (nSPS) is 39.4. The Morgan fingerprint density at radius 3 is 2.32 bits per heavy atom. The molecule has 0 aromatic rings. The summed E-state index contributed by atoms with van der Waals surface area (Å²) in [6.07, 6.45) is 11.7. The van der Waals surface area contributed by atoms with Gasteiger partial charge in [0.25, 0.3) is 0 Å². The van der Waals surface area contributed by atoms with E-state index >= 15 is 0 Å². The minimum absolute atomic E-state index is 0. The Morgan fingerprint density at radius 2 is 1.80 bits per heavy atom. The van der Waals surface area contributed by atoms with Gasteiger partial charge in [0.2, 0.25) is 0 Å². The van der Waals surface area contributed by atoms with Crippen LogP contribution in [0.5, 0.6) is 0 Å². The predicted molar refractivity (Wildman–Crippen MR) is 114 cm³/mol. The quantitative estimate of drug-likeness (QED) is 0.385. The van der Waals surface area contributed by atoms with Crippen LogP contribution in [0.2, 0.25) is 0 Å². The molecule has 1 aliphatic heterocycles. The van der Waals surface area contributed by atoms with Gasteiger partial charge in [0.1, 0.15) is 0 Å². The maximum Gasteiger partial charge on any atom is 0.193 e. The summed E-state index contributed by atoms with van der Waals surface area (Å²) in [5, 5.41) is 3.65. The average Bonchev–Trinajstić information content (AvgIpc) is 3.03. The van der Waals surface area contributed by atoms with Gasteiger partial charge in [-0.2, -0.15) is 0 Å². The van der Waals surface area contributed by atoms with Crippen LogP contribution < -0.4 is 5.32 Å². The Labute approximate surface area is 170 Å². The third-order valence-corrected chi connectivity index (χ3v) is 7.23. The van der Waals surface area contributed by atoms with E-state index in [0.717, 1.165) is 50.0 Å². The van der Waals surface area contributed by atoms with E-state index in [1.54, 1.807) is 19.3 Å². The number of ether oxygens (including phenoxy) is 1. The molecule has 1 unspecified atom stereocenters. The van der Waals surface area contributed by atoms with Crippen LogP contribution in [0.15, 0.2) is 4.99 Å². The van der Waals surface area contributed by atoms with Gasteiger partial charge in [-0.1, -0.05) is 0 Å². The third kappa shape index (κ3) is 4.45. The second kappa shape index (κ2) is 8.32. The van der Waals surface area contributed by atoms with E-state index < -0.39 is 0 Å². The maximum atomic E-state index is 5.50. The van der Waals surface area contributed by atoms with Crippen LogP contribution in [0.4, 0.5) is 0 Å². The zero-order chi connectivity index (χ0) is 16.6. The Balaban J connectivity index is 0.00000182. The smallest absolute Gasteiger partial charge is 0.193 e. The number of nitrogens with one attached hydrogen (secondary N) is 1. The minimum atomic E-state index is 0. The van der Waals surface area contributed by atoms with Crippen molar-refractivity contribution < 1.29 is 4.74 Å². The van der Waals surface area contributed by atoms with Gasteiger partial charge in [0.15, 0.2) is 5.96 Å². The highest BCUT2D eigenvalue weighted by atomic mass is 127. The van der Waals surface area contributed by atoms with Crippen LogP contribution in [-0.4, -0.2) is 51.3 Å². The lowest BCUT2D eigenvalue weighted by Crippen LogP contribution is -2.48. The van der Waals surface area contributed by atoms with Crippen molar-refractivity contribution in [2.75, 3.05) is 40.4 Å². The Bertz CT molecular complexity index is 440. The zero-order valence-corrected chi connectivity index (χ0v) is 18.3. The summed E-state index contributed by atoms with van der Waals surface area (Å²) < 4.78 is 5.50. The van der Waals surface area contributed by atoms with Crippen LogP contribution in [0.1, 0.15) is 51.4 Å². The fraction of sp³-hybridized carbons (Fsp3) is 0.950. The molecule has 0 spiro atoms. The van der Waals surface area contributed by atoms with E-state index in [2.05, 4.69) is 22.3 Å². The Kier molecular flexibility index (Phi) is 6.56. The molecule has 4 bridgehead atoms. The molecule has 1 saturated heterocycles. The highest BCUT2D eigenvalue weighted by Crippen LogP contribution is 2.61. The van der Waals surface area contributed by atoms with E-state index in [9.17, 15) is 0 Å². The number of aliphatic imine (C=N–C) groups is 1. The summed E-state index contributed by atoms with van der Waals surface area (Å²) in [5.74, 6) is 4.89. The molecule has 4 saturated carbocycles. The lowest BCUT2D eigenvalue weighted by molar-refractivity contribution is -0.0563. The van der Waals surface area contributed by atoms with Crippen molar-refractivity contribution in [2.24, 2.45) is 34.1 Å². The molecule has 1 atom stereocenters. The molecule has 1 N–H and O–H groups in total. The summed E-state index contributed by atoms with van der Waals surface area (Å²) >= 11 is 0. The predicted octanol–water partition coefficient (Wildman–Crippen LogP) is 3.75. The topological polar surface area (TPSA) is 36.9 Å². The lowest BCUT2D eigenvalue weighted by atomic mass is 9.49. The van der Waals surface area contributed by atoms with Gasteiger partial charge in [0, 0.05) is 39.7 Å². The van der Waals surface area contributed by atoms with Crippen molar-refractivity contribution in [1.82, 2.24) is 10.2 Å². The Morgan fingerprint density at radius 1 is 1.16 bits per heavy atom. The van der Waals surface area contributed by atoms with E-state index in [0.29, 0.717) is 11.3 Å². The molecule has 144 valence electrons. The van der Waals surface area contributed by atoms with E-state index in [1.807, 2.05) is 7.05 Å².